The third-order valence-electron chi connectivity index (χ3n) is 3.09. The van der Waals surface area contributed by atoms with Gasteiger partial charge >= 0.3 is 0 Å². The zero-order valence-corrected chi connectivity index (χ0v) is 11.5. The lowest BCUT2D eigenvalue weighted by Gasteiger charge is -2.04. The van der Waals surface area contributed by atoms with Gasteiger partial charge in [0.25, 0.3) is 0 Å². The smallest absolute Gasteiger partial charge is 0.0638 e. The van der Waals surface area contributed by atoms with Crippen molar-refractivity contribution >= 4 is 0 Å². The summed E-state index contributed by atoms with van der Waals surface area (Å²) in [5, 5.41) is 12.1. The van der Waals surface area contributed by atoms with Crippen LogP contribution < -0.4 is 5.32 Å². The molecule has 2 aromatic rings. The Morgan fingerprint density at radius 3 is 2.67 bits per heavy atom. The zero-order valence-electron chi connectivity index (χ0n) is 11.5. The van der Waals surface area contributed by atoms with E-state index in [9.17, 15) is 0 Å². The highest BCUT2D eigenvalue weighted by molar-refractivity contribution is 5.15. The van der Waals surface area contributed by atoms with E-state index in [1.54, 1.807) is 0 Å². The van der Waals surface area contributed by atoms with Crippen LogP contribution in [0.5, 0.6) is 0 Å². The third-order valence-corrected chi connectivity index (χ3v) is 3.09. The minimum Gasteiger partial charge on any atom is -0.307 e. The molecule has 0 aliphatic rings. The molecule has 0 amide bonds. The van der Waals surface area contributed by atoms with Crippen molar-refractivity contribution in [1.29, 1.82) is 0 Å². The number of hydrogen-bond donors (Lipinski definition) is 1. The maximum absolute atomic E-state index is 4.50. The normalized spacial score (nSPS) is 11.4. The van der Waals surface area contributed by atoms with E-state index in [1.165, 1.54) is 11.3 Å². The number of rotatable bonds is 5. The van der Waals surface area contributed by atoms with Crippen LogP contribution in [0.3, 0.4) is 0 Å². The standard InChI is InChI=1S/C13H21N5/c1-10(2)18-9-12(11(3)16-18)7-14-8-13-5-6-15-17(13)4/h5-6,9-10,14H,7-8H2,1-4H3. The molecule has 0 fully saturated rings. The summed E-state index contributed by atoms with van der Waals surface area (Å²) in [6.07, 6.45) is 3.94. The van der Waals surface area contributed by atoms with Crippen LogP contribution in [-0.4, -0.2) is 19.6 Å². The molecule has 2 aromatic heterocycles. The fourth-order valence-corrected chi connectivity index (χ4v) is 1.86. The summed E-state index contributed by atoms with van der Waals surface area (Å²) < 4.78 is 3.90. The van der Waals surface area contributed by atoms with Gasteiger partial charge in [0.1, 0.15) is 0 Å². The SMILES string of the molecule is Cc1nn(C(C)C)cc1CNCc1ccnn1C. The minimum absolute atomic E-state index is 0.412. The van der Waals surface area contributed by atoms with Gasteiger partial charge in [-0.3, -0.25) is 9.36 Å². The summed E-state index contributed by atoms with van der Waals surface area (Å²) in [6, 6.07) is 2.44. The first-order valence-corrected chi connectivity index (χ1v) is 6.30. The van der Waals surface area contributed by atoms with Gasteiger partial charge in [-0.25, -0.2) is 0 Å². The molecule has 0 radical (unpaired) electrons. The first-order chi connectivity index (χ1) is 8.58. The van der Waals surface area contributed by atoms with E-state index < -0.39 is 0 Å². The Bertz CT molecular complexity index is 509. The van der Waals surface area contributed by atoms with Gasteiger partial charge in [-0.2, -0.15) is 10.2 Å². The maximum atomic E-state index is 4.50. The first kappa shape index (κ1) is 12.8. The van der Waals surface area contributed by atoms with Gasteiger partial charge in [0.15, 0.2) is 0 Å². The van der Waals surface area contributed by atoms with Gasteiger partial charge in [0.2, 0.25) is 0 Å². The van der Waals surface area contributed by atoms with Crippen LogP contribution in [0, 0.1) is 6.92 Å². The molecule has 0 spiro atoms. The molecular weight excluding hydrogens is 226 g/mol. The second kappa shape index (κ2) is 5.35. The third kappa shape index (κ3) is 2.79. The molecule has 0 bridgehead atoms. The molecule has 5 heteroatoms. The highest BCUT2D eigenvalue weighted by atomic mass is 15.3. The lowest BCUT2D eigenvalue weighted by molar-refractivity contribution is 0.528. The Morgan fingerprint density at radius 2 is 2.11 bits per heavy atom. The van der Waals surface area contributed by atoms with Gasteiger partial charge in [0.05, 0.1) is 11.4 Å². The Morgan fingerprint density at radius 1 is 1.33 bits per heavy atom. The Labute approximate surface area is 108 Å². The maximum Gasteiger partial charge on any atom is 0.0638 e. The molecule has 0 aliphatic carbocycles. The number of aromatic nitrogens is 4. The second-order valence-corrected chi connectivity index (χ2v) is 4.86. The topological polar surface area (TPSA) is 47.7 Å². The van der Waals surface area contributed by atoms with Gasteiger partial charge in [0, 0.05) is 44.1 Å². The fourth-order valence-electron chi connectivity index (χ4n) is 1.86. The van der Waals surface area contributed by atoms with Gasteiger partial charge in [-0.1, -0.05) is 0 Å². The van der Waals surface area contributed by atoms with Crippen molar-refractivity contribution in [2.75, 3.05) is 0 Å². The molecule has 0 aromatic carbocycles. The number of aryl methyl sites for hydroxylation is 2. The summed E-state index contributed by atoms with van der Waals surface area (Å²) >= 11 is 0. The summed E-state index contributed by atoms with van der Waals surface area (Å²) in [5.74, 6) is 0. The highest BCUT2D eigenvalue weighted by Gasteiger charge is 2.07. The van der Waals surface area contributed by atoms with E-state index in [0.717, 1.165) is 18.8 Å². The Balaban J connectivity index is 1.92. The van der Waals surface area contributed by atoms with Crippen LogP contribution >= 0.6 is 0 Å². The van der Waals surface area contributed by atoms with E-state index in [-0.39, 0.29) is 0 Å². The van der Waals surface area contributed by atoms with Crippen LogP contribution in [-0.2, 0) is 20.1 Å². The van der Waals surface area contributed by atoms with Crippen molar-refractivity contribution in [1.82, 2.24) is 24.9 Å². The van der Waals surface area contributed by atoms with Crippen molar-refractivity contribution in [3.63, 3.8) is 0 Å². The van der Waals surface area contributed by atoms with Crippen LogP contribution in [0.2, 0.25) is 0 Å². The molecule has 98 valence electrons. The predicted molar refractivity (Wildman–Crippen MR) is 71.1 cm³/mol. The van der Waals surface area contributed by atoms with Crippen molar-refractivity contribution in [3.05, 3.63) is 35.4 Å². The number of hydrogen-bond acceptors (Lipinski definition) is 3. The van der Waals surface area contributed by atoms with E-state index >= 15 is 0 Å². The highest BCUT2D eigenvalue weighted by Crippen LogP contribution is 2.10. The van der Waals surface area contributed by atoms with Crippen LogP contribution in [0.4, 0.5) is 0 Å². The fraction of sp³-hybridized carbons (Fsp3) is 0.538. The first-order valence-electron chi connectivity index (χ1n) is 6.30. The second-order valence-electron chi connectivity index (χ2n) is 4.86. The molecule has 1 N–H and O–H groups in total. The average molecular weight is 247 g/mol. The van der Waals surface area contributed by atoms with Gasteiger partial charge < -0.3 is 5.32 Å². The van der Waals surface area contributed by atoms with E-state index in [0.29, 0.717) is 6.04 Å². The molecule has 0 unspecified atom stereocenters. The minimum atomic E-state index is 0.412. The molecular formula is C13H21N5. The van der Waals surface area contributed by atoms with Gasteiger partial charge in [-0.05, 0) is 26.8 Å². The van der Waals surface area contributed by atoms with E-state index in [4.69, 9.17) is 0 Å². The van der Waals surface area contributed by atoms with E-state index in [2.05, 4.69) is 42.5 Å². The van der Waals surface area contributed by atoms with Crippen molar-refractivity contribution < 1.29 is 0 Å². The number of nitrogens with zero attached hydrogens (tertiary/aromatic N) is 4. The molecule has 5 nitrogen and oxygen atoms in total. The average Bonchev–Trinajstić information content (AvgIpc) is 2.87. The lowest BCUT2D eigenvalue weighted by Crippen LogP contribution is -2.15. The van der Waals surface area contributed by atoms with Crippen molar-refractivity contribution in [2.24, 2.45) is 7.05 Å². The molecule has 0 atom stereocenters. The summed E-state index contributed by atoms with van der Waals surface area (Å²) in [6.45, 7) is 7.99. The Kier molecular flexibility index (Phi) is 3.81. The lowest BCUT2D eigenvalue weighted by atomic mass is 10.2. The molecule has 0 saturated carbocycles. The molecule has 18 heavy (non-hydrogen) atoms. The summed E-state index contributed by atoms with van der Waals surface area (Å²) in [5.41, 5.74) is 3.54. The molecule has 2 rings (SSSR count). The largest absolute Gasteiger partial charge is 0.307 e. The zero-order chi connectivity index (χ0) is 13.1. The van der Waals surface area contributed by atoms with Crippen molar-refractivity contribution in [3.8, 4) is 0 Å². The van der Waals surface area contributed by atoms with Crippen LogP contribution in [0.25, 0.3) is 0 Å². The van der Waals surface area contributed by atoms with Crippen LogP contribution in [0.1, 0.15) is 36.8 Å². The summed E-state index contributed by atoms with van der Waals surface area (Å²) in [4.78, 5) is 0. The predicted octanol–water partition coefficient (Wildman–Crippen LogP) is 1.80. The van der Waals surface area contributed by atoms with Crippen molar-refractivity contribution in [2.45, 2.75) is 39.9 Å². The molecule has 0 saturated heterocycles. The van der Waals surface area contributed by atoms with E-state index in [1.807, 2.05) is 28.7 Å². The number of nitrogens with one attached hydrogen (secondary N) is 1. The molecule has 2 heterocycles. The van der Waals surface area contributed by atoms with Gasteiger partial charge in [-0.15, -0.1) is 0 Å². The quantitative estimate of drug-likeness (QED) is 0.876. The summed E-state index contributed by atoms with van der Waals surface area (Å²) in [7, 11) is 1.96. The Hall–Kier alpha value is -1.62. The monoisotopic (exact) mass is 247 g/mol. The van der Waals surface area contributed by atoms with Crippen LogP contribution in [0.15, 0.2) is 18.5 Å². The molecule has 0 aliphatic heterocycles.